The maximum absolute atomic E-state index is 5.77. The van der Waals surface area contributed by atoms with Crippen LogP contribution in [-0.2, 0) is 6.42 Å². The molecule has 0 radical (unpaired) electrons. The predicted molar refractivity (Wildman–Crippen MR) is 67.7 cm³/mol. The Hall–Kier alpha value is -1.62. The molecule has 2 heterocycles. The van der Waals surface area contributed by atoms with Crippen LogP contribution in [0.2, 0.25) is 0 Å². The van der Waals surface area contributed by atoms with Gasteiger partial charge < -0.3 is 14.7 Å². The van der Waals surface area contributed by atoms with Crippen LogP contribution in [-0.4, -0.2) is 16.7 Å². The average Bonchev–Trinajstić information content (AvgIpc) is 2.97. The Balaban J connectivity index is 2.01. The van der Waals surface area contributed by atoms with Gasteiger partial charge in [0.2, 0.25) is 11.7 Å². The topological polar surface area (TPSA) is 78.1 Å². The molecular weight excluding hydrogens is 230 g/mol. The quantitative estimate of drug-likeness (QED) is 0.851. The average molecular weight is 249 g/mol. The largest absolute Gasteiger partial charge is 0.472 e. The fraction of sp³-hybridized carbons (Fsp3) is 0.538. The van der Waals surface area contributed by atoms with Crippen molar-refractivity contribution in [3.63, 3.8) is 0 Å². The molecule has 0 aliphatic heterocycles. The lowest BCUT2D eigenvalue weighted by molar-refractivity contribution is 0.332. The number of nitrogens with zero attached hydrogens (tertiary/aromatic N) is 2. The van der Waals surface area contributed by atoms with Gasteiger partial charge in [-0.25, -0.2) is 0 Å². The van der Waals surface area contributed by atoms with Gasteiger partial charge in [0.15, 0.2) is 0 Å². The van der Waals surface area contributed by atoms with E-state index in [4.69, 9.17) is 14.7 Å². The molecule has 2 N–H and O–H groups in total. The van der Waals surface area contributed by atoms with E-state index in [9.17, 15) is 0 Å². The lowest BCUT2D eigenvalue weighted by atomic mass is 9.94. The Morgan fingerprint density at radius 1 is 1.39 bits per heavy atom. The van der Waals surface area contributed by atoms with Crippen LogP contribution in [0.5, 0.6) is 0 Å². The highest BCUT2D eigenvalue weighted by Crippen LogP contribution is 2.19. The van der Waals surface area contributed by atoms with E-state index in [0.29, 0.717) is 30.1 Å². The number of furan rings is 1. The third-order valence-corrected chi connectivity index (χ3v) is 2.85. The molecule has 0 fully saturated rings. The first-order chi connectivity index (χ1) is 8.69. The Morgan fingerprint density at radius 2 is 2.22 bits per heavy atom. The highest BCUT2D eigenvalue weighted by molar-refractivity contribution is 5.51. The molecule has 1 unspecified atom stereocenters. The second-order valence-corrected chi connectivity index (χ2v) is 4.96. The van der Waals surface area contributed by atoms with Crippen molar-refractivity contribution in [3.05, 3.63) is 24.5 Å². The van der Waals surface area contributed by atoms with Crippen molar-refractivity contribution in [1.82, 2.24) is 10.1 Å². The van der Waals surface area contributed by atoms with Crippen LogP contribution in [0.3, 0.4) is 0 Å². The molecule has 0 spiro atoms. The third kappa shape index (κ3) is 3.20. The smallest absolute Gasteiger partial charge is 0.227 e. The van der Waals surface area contributed by atoms with E-state index in [1.165, 1.54) is 0 Å². The molecule has 0 saturated heterocycles. The van der Waals surface area contributed by atoms with Gasteiger partial charge in [-0.15, -0.1) is 0 Å². The molecule has 0 aromatic carbocycles. The summed E-state index contributed by atoms with van der Waals surface area (Å²) in [7, 11) is 0. The van der Waals surface area contributed by atoms with Gasteiger partial charge in [0.25, 0.3) is 0 Å². The van der Waals surface area contributed by atoms with Gasteiger partial charge in [0, 0.05) is 6.42 Å². The van der Waals surface area contributed by atoms with E-state index in [1.54, 1.807) is 12.5 Å². The van der Waals surface area contributed by atoms with E-state index in [-0.39, 0.29) is 0 Å². The van der Waals surface area contributed by atoms with Gasteiger partial charge in [-0.1, -0.05) is 19.0 Å². The Kier molecular flexibility index (Phi) is 4.15. The molecule has 5 heteroatoms. The molecule has 0 saturated carbocycles. The molecule has 98 valence electrons. The van der Waals surface area contributed by atoms with Crippen LogP contribution in [0.15, 0.2) is 27.5 Å². The van der Waals surface area contributed by atoms with Crippen molar-refractivity contribution in [2.75, 3.05) is 6.54 Å². The lowest BCUT2D eigenvalue weighted by Gasteiger charge is -2.14. The SMILES string of the molecule is CC(C)CC(CN)Cc1nc(-c2ccoc2)no1. The normalized spacial score (nSPS) is 13.1. The van der Waals surface area contributed by atoms with Crippen molar-refractivity contribution in [2.45, 2.75) is 26.7 Å². The van der Waals surface area contributed by atoms with Crippen LogP contribution in [0.25, 0.3) is 11.4 Å². The molecule has 0 amide bonds. The minimum Gasteiger partial charge on any atom is -0.472 e. The van der Waals surface area contributed by atoms with E-state index >= 15 is 0 Å². The van der Waals surface area contributed by atoms with E-state index in [0.717, 1.165) is 18.4 Å². The van der Waals surface area contributed by atoms with Gasteiger partial charge in [0.1, 0.15) is 6.26 Å². The lowest BCUT2D eigenvalue weighted by Crippen LogP contribution is -2.19. The zero-order valence-electron chi connectivity index (χ0n) is 10.8. The van der Waals surface area contributed by atoms with Gasteiger partial charge >= 0.3 is 0 Å². The Labute approximate surface area is 106 Å². The van der Waals surface area contributed by atoms with Gasteiger partial charge in [-0.05, 0) is 30.9 Å². The first-order valence-corrected chi connectivity index (χ1v) is 6.24. The number of hydrogen-bond donors (Lipinski definition) is 1. The van der Waals surface area contributed by atoms with Gasteiger partial charge in [-0.3, -0.25) is 0 Å². The van der Waals surface area contributed by atoms with E-state index < -0.39 is 0 Å². The zero-order valence-corrected chi connectivity index (χ0v) is 10.8. The molecule has 2 aromatic heterocycles. The zero-order chi connectivity index (χ0) is 13.0. The molecule has 2 rings (SSSR count). The molecule has 0 aliphatic rings. The monoisotopic (exact) mass is 249 g/mol. The fourth-order valence-corrected chi connectivity index (χ4v) is 2.02. The molecule has 5 nitrogen and oxygen atoms in total. The van der Waals surface area contributed by atoms with E-state index in [2.05, 4.69) is 24.0 Å². The summed E-state index contributed by atoms with van der Waals surface area (Å²) in [4.78, 5) is 4.35. The first-order valence-electron chi connectivity index (χ1n) is 6.24. The number of aromatic nitrogens is 2. The molecule has 18 heavy (non-hydrogen) atoms. The van der Waals surface area contributed by atoms with E-state index in [1.807, 2.05) is 6.07 Å². The summed E-state index contributed by atoms with van der Waals surface area (Å²) in [6.07, 6.45) is 5.00. The van der Waals surface area contributed by atoms with Gasteiger partial charge in [0.05, 0.1) is 11.8 Å². The van der Waals surface area contributed by atoms with Crippen molar-refractivity contribution in [3.8, 4) is 11.4 Å². The Morgan fingerprint density at radius 3 is 2.83 bits per heavy atom. The highest BCUT2D eigenvalue weighted by Gasteiger charge is 2.15. The summed E-state index contributed by atoms with van der Waals surface area (Å²) in [5, 5.41) is 3.94. The van der Waals surface area contributed by atoms with Crippen molar-refractivity contribution in [1.29, 1.82) is 0 Å². The maximum Gasteiger partial charge on any atom is 0.227 e. The van der Waals surface area contributed by atoms with Crippen molar-refractivity contribution in [2.24, 2.45) is 17.6 Å². The number of nitrogens with two attached hydrogens (primary N) is 1. The molecule has 0 bridgehead atoms. The summed E-state index contributed by atoms with van der Waals surface area (Å²) in [6.45, 7) is 5.02. The van der Waals surface area contributed by atoms with Crippen LogP contribution in [0.4, 0.5) is 0 Å². The minimum absolute atomic E-state index is 0.391. The molecule has 0 aliphatic carbocycles. The molecule has 1 atom stereocenters. The summed E-state index contributed by atoms with van der Waals surface area (Å²) in [5.41, 5.74) is 6.60. The fourth-order valence-electron chi connectivity index (χ4n) is 2.02. The van der Waals surface area contributed by atoms with Crippen LogP contribution in [0, 0.1) is 11.8 Å². The summed E-state index contributed by atoms with van der Waals surface area (Å²) in [6, 6.07) is 1.81. The van der Waals surface area contributed by atoms with Crippen molar-refractivity contribution < 1.29 is 8.94 Å². The van der Waals surface area contributed by atoms with Crippen LogP contribution < -0.4 is 5.73 Å². The van der Waals surface area contributed by atoms with Crippen LogP contribution >= 0.6 is 0 Å². The number of rotatable bonds is 6. The minimum atomic E-state index is 0.391. The summed E-state index contributed by atoms with van der Waals surface area (Å²) in [5.74, 6) is 2.22. The van der Waals surface area contributed by atoms with Crippen LogP contribution in [0.1, 0.15) is 26.2 Å². The predicted octanol–water partition coefficient (Wildman–Crippen LogP) is 2.49. The Bertz CT molecular complexity index is 462. The second kappa shape index (κ2) is 5.82. The summed E-state index contributed by atoms with van der Waals surface area (Å²) < 4.78 is 10.2. The van der Waals surface area contributed by atoms with Crippen molar-refractivity contribution >= 4 is 0 Å². The standard InChI is InChI=1S/C13H19N3O2/c1-9(2)5-10(7-14)6-12-15-13(16-18-12)11-3-4-17-8-11/h3-4,8-10H,5-7,14H2,1-2H3. The number of hydrogen-bond acceptors (Lipinski definition) is 5. The third-order valence-electron chi connectivity index (χ3n) is 2.85. The molecule has 2 aromatic rings. The molecular formula is C13H19N3O2. The highest BCUT2D eigenvalue weighted by atomic mass is 16.5. The maximum atomic E-state index is 5.77. The summed E-state index contributed by atoms with van der Waals surface area (Å²) >= 11 is 0. The second-order valence-electron chi connectivity index (χ2n) is 4.96. The first kappa shape index (κ1) is 12.8. The van der Waals surface area contributed by atoms with Gasteiger partial charge in [-0.2, -0.15) is 4.98 Å².